The second-order valence-corrected chi connectivity index (χ2v) is 7.36. The van der Waals surface area contributed by atoms with Crippen molar-refractivity contribution in [2.45, 2.75) is 26.2 Å². The van der Waals surface area contributed by atoms with Gasteiger partial charge in [0.25, 0.3) is 5.91 Å². The Morgan fingerprint density at radius 2 is 1.71 bits per heavy atom. The maximum absolute atomic E-state index is 12.4. The molecule has 0 atom stereocenters. The van der Waals surface area contributed by atoms with Crippen molar-refractivity contribution in [2.24, 2.45) is 0 Å². The number of rotatable bonds is 8. The molecule has 1 amide bonds. The van der Waals surface area contributed by atoms with Gasteiger partial charge in [-0.25, -0.2) is 4.98 Å². The van der Waals surface area contributed by atoms with E-state index in [1.165, 1.54) is 18.5 Å². The first-order chi connectivity index (χ1) is 13.7. The number of pyridine rings is 1. The molecule has 0 saturated carbocycles. The van der Waals surface area contributed by atoms with Gasteiger partial charge in [-0.2, -0.15) is 0 Å². The Morgan fingerprint density at radius 1 is 1.00 bits per heavy atom. The number of likely N-dealkylation sites (N-methyl/N-ethyl adjacent to an activating group) is 1. The number of carbonyl (C=O) groups excluding carboxylic acids is 1. The van der Waals surface area contributed by atoms with Gasteiger partial charge in [0.15, 0.2) is 0 Å². The summed E-state index contributed by atoms with van der Waals surface area (Å²) in [6, 6.07) is 11.7. The number of piperazine rings is 1. The lowest BCUT2D eigenvalue weighted by atomic mass is 10.2. The third kappa shape index (κ3) is 5.70. The molecule has 6 heteroatoms. The van der Waals surface area contributed by atoms with Crippen molar-refractivity contribution in [3.63, 3.8) is 0 Å². The normalized spacial score (nSPS) is 14.7. The molecular weight excluding hydrogens is 350 g/mol. The van der Waals surface area contributed by atoms with E-state index in [4.69, 9.17) is 0 Å². The van der Waals surface area contributed by atoms with Crippen molar-refractivity contribution in [3.8, 4) is 0 Å². The number of anilines is 3. The molecule has 0 aliphatic carbocycles. The smallest absolute Gasteiger partial charge is 0.274 e. The van der Waals surface area contributed by atoms with E-state index in [-0.39, 0.29) is 5.91 Å². The first-order valence-corrected chi connectivity index (χ1v) is 10.2. The zero-order valence-electron chi connectivity index (χ0n) is 16.9. The number of nitrogens with zero attached hydrogens (tertiary/aromatic N) is 3. The second-order valence-electron chi connectivity index (χ2n) is 7.36. The summed E-state index contributed by atoms with van der Waals surface area (Å²) >= 11 is 0. The Bertz CT molecular complexity index is 737. The molecular formula is C22H31N5O. The zero-order chi connectivity index (χ0) is 19.8. The molecule has 2 aromatic rings. The lowest BCUT2D eigenvalue weighted by molar-refractivity contribution is 0.102. The minimum Gasteiger partial charge on any atom is -0.384 e. The standard InChI is InChI=1S/C22H31N5O/c1-3-4-5-12-23-19-8-11-21(24-17-19)22(28)25-18-6-9-20(10-7-18)27-15-13-26(2)14-16-27/h6-11,17,23H,3-5,12-16H2,1-2H3,(H,25,28). The number of aromatic nitrogens is 1. The predicted octanol–water partition coefficient (Wildman–Crippen LogP) is 3.69. The largest absolute Gasteiger partial charge is 0.384 e. The SMILES string of the molecule is CCCCCNc1ccc(C(=O)Nc2ccc(N3CCN(C)CC3)cc2)nc1. The number of hydrogen-bond donors (Lipinski definition) is 2. The molecule has 6 nitrogen and oxygen atoms in total. The van der Waals surface area contributed by atoms with Crippen molar-refractivity contribution in [3.05, 3.63) is 48.3 Å². The number of carbonyl (C=O) groups is 1. The number of hydrogen-bond acceptors (Lipinski definition) is 5. The fraction of sp³-hybridized carbons (Fsp3) is 0.455. The average Bonchev–Trinajstić information content (AvgIpc) is 2.73. The molecule has 0 spiro atoms. The molecule has 1 aliphatic heterocycles. The third-order valence-electron chi connectivity index (χ3n) is 5.10. The average molecular weight is 382 g/mol. The molecule has 1 fully saturated rings. The molecule has 1 aromatic heterocycles. The minimum absolute atomic E-state index is 0.190. The topological polar surface area (TPSA) is 60.5 Å². The van der Waals surface area contributed by atoms with Crippen LogP contribution in [0.3, 0.4) is 0 Å². The number of amides is 1. The fourth-order valence-electron chi connectivity index (χ4n) is 3.26. The van der Waals surface area contributed by atoms with Gasteiger partial charge in [0.05, 0.1) is 11.9 Å². The van der Waals surface area contributed by atoms with Crippen molar-refractivity contribution < 1.29 is 4.79 Å². The Labute approximate surface area is 167 Å². The molecule has 1 aliphatic rings. The molecule has 28 heavy (non-hydrogen) atoms. The van der Waals surface area contributed by atoms with Gasteiger partial charge in [0.1, 0.15) is 5.69 Å². The summed E-state index contributed by atoms with van der Waals surface area (Å²) in [5, 5.41) is 6.26. The first-order valence-electron chi connectivity index (χ1n) is 10.2. The Hall–Kier alpha value is -2.60. The molecule has 2 N–H and O–H groups in total. The van der Waals surface area contributed by atoms with Gasteiger partial charge in [-0.15, -0.1) is 0 Å². The van der Waals surface area contributed by atoms with Crippen molar-refractivity contribution in [2.75, 3.05) is 55.3 Å². The van der Waals surface area contributed by atoms with Crippen molar-refractivity contribution in [1.29, 1.82) is 0 Å². The third-order valence-corrected chi connectivity index (χ3v) is 5.10. The molecule has 150 valence electrons. The summed E-state index contributed by atoms with van der Waals surface area (Å²) in [6.07, 6.45) is 5.28. The molecule has 0 radical (unpaired) electrons. The van der Waals surface area contributed by atoms with E-state index < -0.39 is 0 Å². The Kier molecular flexibility index (Phi) is 7.25. The van der Waals surface area contributed by atoms with Gasteiger partial charge in [-0.05, 0) is 49.9 Å². The van der Waals surface area contributed by atoms with E-state index in [1.807, 2.05) is 18.2 Å². The molecule has 2 heterocycles. The number of unbranched alkanes of at least 4 members (excludes halogenated alkanes) is 2. The van der Waals surface area contributed by atoms with E-state index in [0.29, 0.717) is 5.69 Å². The van der Waals surface area contributed by atoms with Gasteiger partial charge in [-0.3, -0.25) is 4.79 Å². The van der Waals surface area contributed by atoms with E-state index in [1.54, 1.807) is 12.3 Å². The Morgan fingerprint density at radius 3 is 2.36 bits per heavy atom. The number of benzene rings is 1. The van der Waals surface area contributed by atoms with Crippen LogP contribution in [0.5, 0.6) is 0 Å². The summed E-state index contributed by atoms with van der Waals surface area (Å²) in [6.45, 7) is 7.34. The Balaban J connectivity index is 1.51. The van der Waals surface area contributed by atoms with Gasteiger partial charge in [-0.1, -0.05) is 19.8 Å². The summed E-state index contributed by atoms with van der Waals surface area (Å²) in [7, 11) is 2.15. The minimum atomic E-state index is -0.190. The van der Waals surface area contributed by atoms with Crippen LogP contribution in [-0.4, -0.2) is 55.6 Å². The van der Waals surface area contributed by atoms with Gasteiger partial charge in [0, 0.05) is 44.1 Å². The highest BCUT2D eigenvalue weighted by molar-refractivity contribution is 6.03. The van der Waals surface area contributed by atoms with Crippen LogP contribution in [0.4, 0.5) is 17.1 Å². The van der Waals surface area contributed by atoms with Crippen LogP contribution in [-0.2, 0) is 0 Å². The summed E-state index contributed by atoms with van der Waals surface area (Å²) in [5.74, 6) is -0.190. The van der Waals surface area contributed by atoms with Gasteiger partial charge < -0.3 is 20.4 Å². The van der Waals surface area contributed by atoms with Crippen LogP contribution in [0.15, 0.2) is 42.6 Å². The predicted molar refractivity (Wildman–Crippen MR) is 116 cm³/mol. The van der Waals surface area contributed by atoms with Crippen LogP contribution in [0.25, 0.3) is 0 Å². The monoisotopic (exact) mass is 381 g/mol. The van der Waals surface area contributed by atoms with Crippen molar-refractivity contribution >= 4 is 23.0 Å². The molecule has 0 unspecified atom stereocenters. The highest BCUT2D eigenvalue weighted by Gasteiger charge is 2.14. The van der Waals surface area contributed by atoms with Crippen LogP contribution in [0.1, 0.15) is 36.7 Å². The lowest BCUT2D eigenvalue weighted by Gasteiger charge is -2.34. The van der Waals surface area contributed by atoms with E-state index in [0.717, 1.165) is 50.5 Å². The maximum atomic E-state index is 12.4. The van der Waals surface area contributed by atoms with Crippen LogP contribution < -0.4 is 15.5 Å². The summed E-state index contributed by atoms with van der Waals surface area (Å²) in [5.41, 5.74) is 3.35. The highest BCUT2D eigenvalue weighted by Crippen LogP contribution is 2.20. The number of nitrogens with one attached hydrogen (secondary N) is 2. The first kappa shape index (κ1) is 20.1. The van der Waals surface area contributed by atoms with E-state index in [2.05, 4.69) is 51.5 Å². The fourth-order valence-corrected chi connectivity index (χ4v) is 3.26. The summed E-state index contributed by atoms with van der Waals surface area (Å²) < 4.78 is 0. The van der Waals surface area contributed by atoms with Crippen LogP contribution in [0, 0.1) is 0 Å². The van der Waals surface area contributed by atoms with E-state index >= 15 is 0 Å². The van der Waals surface area contributed by atoms with Gasteiger partial charge in [0.2, 0.25) is 0 Å². The van der Waals surface area contributed by atoms with Gasteiger partial charge >= 0.3 is 0 Å². The molecule has 3 rings (SSSR count). The van der Waals surface area contributed by atoms with Crippen molar-refractivity contribution in [1.82, 2.24) is 9.88 Å². The van der Waals surface area contributed by atoms with Crippen LogP contribution >= 0.6 is 0 Å². The molecule has 0 bridgehead atoms. The zero-order valence-corrected chi connectivity index (χ0v) is 16.9. The highest BCUT2D eigenvalue weighted by atomic mass is 16.1. The lowest BCUT2D eigenvalue weighted by Crippen LogP contribution is -2.44. The molecule has 1 aromatic carbocycles. The van der Waals surface area contributed by atoms with Crippen LogP contribution in [0.2, 0.25) is 0 Å². The quantitative estimate of drug-likeness (QED) is 0.683. The summed E-state index contributed by atoms with van der Waals surface area (Å²) in [4.78, 5) is 21.4. The van der Waals surface area contributed by atoms with E-state index in [9.17, 15) is 4.79 Å². The molecule has 1 saturated heterocycles. The maximum Gasteiger partial charge on any atom is 0.274 e. The second kappa shape index (κ2) is 10.1.